The van der Waals surface area contributed by atoms with Crippen molar-refractivity contribution < 1.29 is 14.3 Å². The summed E-state index contributed by atoms with van der Waals surface area (Å²) in [6.07, 6.45) is 1.48. The molecule has 3 aromatic carbocycles. The second-order valence-electron chi connectivity index (χ2n) is 6.46. The zero-order valence-electron chi connectivity index (χ0n) is 16.1. The molecule has 3 aromatic rings. The predicted molar refractivity (Wildman–Crippen MR) is 119 cm³/mol. The van der Waals surface area contributed by atoms with Gasteiger partial charge in [0.25, 0.3) is 5.91 Å². The van der Waals surface area contributed by atoms with E-state index in [2.05, 4.69) is 21.2 Å². The van der Waals surface area contributed by atoms with Crippen LogP contribution in [0.5, 0.6) is 5.75 Å². The van der Waals surface area contributed by atoms with Gasteiger partial charge in [-0.1, -0.05) is 45.8 Å². The van der Waals surface area contributed by atoms with E-state index in [0.29, 0.717) is 22.6 Å². The highest BCUT2D eigenvalue weighted by Crippen LogP contribution is 2.18. The number of nitrogens with zero attached hydrogens (tertiary/aromatic N) is 1. The van der Waals surface area contributed by atoms with Gasteiger partial charge in [0.15, 0.2) is 0 Å². The van der Waals surface area contributed by atoms with Crippen molar-refractivity contribution in [3.63, 3.8) is 0 Å². The minimum Gasteiger partial charge on any atom is -0.423 e. The molecule has 0 atom stereocenters. The van der Waals surface area contributed by atoms with Gasteiger partial charge in [-0.05, 0) is 67.1 Å². The van der Waals surface area contributed by atoms with Crippen LogP contribution in [0.1, 0.15) is 21.5 Å². The first-order valence-corrected chi connectivity index (χ1v) is 9.81. The Kier molecular flexibility index (Phi) is 6.79. The first-order valence-electron chi connectivity index (χ1n) is 9.02. The number of esters is 1. The molecule has 0 fully saturated rings. The number of anilines is 1. The van der Waals surface area contributed by atoms with Gasteiger partial charge in [0.1, 0.15) is 17.4 Å². The highest BCUT2D eigenvalue weighted by atomic mass is 79.9. The molecule has 0 radical (unpaired) electrons. The number of nitrogens with one attached hydrogen (secondary N) is 1. The number of hydrogen-bond donors (Lipinski definition) is 1. The number of amides is 1. The summed E-state index contributed by atoms with van der Waals surface area (Å²) in [4.78, 5) is 24.5. The Bertz CT molecular complexity index is 1130. The van der Waals surface area contributed by atoms with E-state index in [1.54, 1.807) is 60.7 Å². The zero-order valence-corrected chi connectivity index (χ0v) is 17.6. The third kappa shape index (κ3) is 5.66. The lowest BCUT2D eigenvalue weighted by Gasteiger charge is -2.06. The molecule has 0 aliphatic carbocycles. The molecule has 6 heteroatoms. The third-order valence-electron chi connectivity index (χ3n) is 4.16. The van der Waals surface area contributed by atoms with Crippen molar-refractivity contribution in [3.8, 4) is 11.8 Å². The number of ether oxygens (including phenoxy) is 1. The van der Waals surface area contributed by atoms with Gasteiger partial charge in [0, 0.05) is 10.2 Å². The van der Waals surface area contributed by atoms with E-state index < -0.39 is 11.9 Å². The first-order chi connectivity index (χ1) is 14.4. The Hall–Kier alpha value is -3.69. The van der Waals surface area contributed by atoms with Gasteiger partial charge >= 0.3 is 5.97 Å². The number of aryl methyl sites for hydroxylation is 1. The molecule has 0 saturated carbocycles. The molecule has 0 aliphatic heterocycles. The van der Waals surface area contributed by atoms with Crippen LogP contribution in [0.4, 0.5) is 5.69 Å². The smallest absolute Gasteiger partial charge is 0.343 e. The largest absolute Gasteiger partial charge is 0.423 e. The topological polar surface area (TPSA) is 79.2 Å². The average molecular weight is 461 g/mol. The van der Waals surface area contributed by atoms with E-state index in [1.807, 2.05) is 25.1 Å². The molecule has 0 aliphatic rings. The summed E-state index contributed by atoms with van der Waals surface area (Å²) in [6.45, 7) is 1.95. The van der Waals surface area contributed by atoms with Crippen LogP contribution in [0.2, 0.25) is 0 Å². The van der Waals surface area contributed by atoms with E-state index in [1.165, 1.54) is 6.08 Å². The SMILES string of the molecule is Cc1ccc(NC(=O)/C(C#N)=C/c2ccc(OC(=O)c3ccc(Br)cc3)cc2)cc1. The van der Waals surface area contributed by atoms with Gasteiger partial charge in [-0.15, -0.1) is 0 Å². The van der Waals surface area contributed by atoms with Gasteiger partial charge in [0.2, 0.25) is 0 Å². The molecule has 1 N–H and O–H groups in total. The molecule has 5 nitrogen and oxygen atoms in total. The quantitative estimate of drug-likeness (QED) is 0.235. The van der Waals surface area contributed by atoms with Gasteiger partial charge < -0.3 is 10.1 Å². The molecule has 1 amide bonds. The van der Waals surface area contributed by atoms with Gasteiger partial charge in [0.05, 0.1) is 5.56 Å². The summed E-state index contributed by atoms with van der Waals surface area (Å²) in [7, 11) is 0. The van der Waals surface area contributed by atoms with Crippen LogP contribution in [0.15, 0.2) is 82.8 Å². The average Bonchev–Trinajstić information content (AvgIpc) is 2.75. The lowest BCUT2D eigenvalue weighted by molar-refractivity contribution is -0.112. The van der Waals surface area contributed by atoms with Crippen LogP contribution >= 0.6 is 15.9 Å². The number of carbonyl (C=O) groups is 2. The summed E-state index contributed by atoms with van der Waals surface area (Å²) in [5, 5.41) is 12.0. The highest BCUT2D eigenvalue weighted by Gasteiger charge is 2.11. The summed E-state index contributed by atoms with van der Waals surface area (Å²) in [6, 6.07) is 22.6. The van der Waals surface area contributed by atoms with Crippen LogP contribution in [-0.4, -0.2) is 11.9 Å². The van der Waals surface area contributed by atoms with Crippen LogP contribution in [0, 0.1) is 18.3 Å². The van der Waals surface area contributed by atoms with E-state index >= 15 is 0 Å². The first kappa shape index (κ1) is 21.0. The van der Waals surface area contributed by atoms with Crippen molar-refractivity contribution in [1.82, 2.24) is 0 Å². The fourth-order valence-electron chi connectivity index (χ4n) is 2.53. The van der Waals surface area contributed by atoms with E-state index in [4.69, 9.17) is 4.74 Å². The number of hydrogen-bond acceptors (Lipinski definition) is 4. The van der Waals surface area contributed by atoms with Crippen molar-refractivity contribution in [2.45, 2.75) is 6.92 Å². The Balaban J connectivity index is 1.67. The molecular formula is C24H17BrN2O3. The molecule has 0 aromatic heterocycles. The molecule has 0 spiro atoms. The van der Waals surface area contributed by atoms with Crippen LogP contribution in [0.25, 0.3) is 6.08 Å². The third-order valence-corrected chi connectivity index (χ3v) is 4.68. The number of nitriles is 1. The van der Waals surface area contributed by atoms with E-state index in [0.717, 1.165) is 10.0 Å². The van der Waals surface area contributed by atoms with E-state index in [-0.39, 0.29) is 5.57 Å². The number of rotatable bonds is 5. The fraction of sp³-hybridized carbons (Fsp3) is 0.0417. The predicted octanol–water partition coefficient (Wildman–Crippen LogP) is 5.52. The van der Waals surface area contributed by atoms with E-state index in [9.17, 15) is 14.9 Å². The van der Waals surface area contributed by atoms with Crippen LogP contribution < -0.4 is 10.1 Å². The van der Waals surface area contributed by atoms with Crippen molar-refractivity contribution >= 4 is 39.6 Å². The maximum absolute atomic E-state index is 12.4. The summed E-state index contributed by atoms with van der Waals surface area (Å²) >= 11 is 3.32. The fourth-order valence-corrected chi connectivity index (χ4v) is 2.80. The minimum absolute atomic E-state index is 0.0322. The molecular weight excluding hydrogens is 444 g/mol. The lowest BCUT2D eigenvalue weighted by atomic mass is 10.1. The number of halogens is 1. The minimum atomic E-state index is -0.493. The van der Waals surface area contributed by atoms with Crippen molar-refractivity contribution in [1.29, 1.82) is 5.26 Å². The monoisotopic (exact) mass is 460 g/mol. The van der Waals surface area contributed by atoms with Crippen molar-refractivity contribution in [2.24, 2.45) is 0 Å². The molecule has 3 rings (SSSR count). The summed E-state index contributed by atoms with van der Waals surface area (Å²) < 4.78 is 6.21. The van der Waals surface area contributed by atoms with Gasteiger partial charge in [-0.3, -0.25) is 4.79 Å². The highest BCUT2D eigenvalue weighted by molar-refractivity contribution is 9.10. The molecule has 0 bridgehead atoms. The normalized spacial score (nSPS) is 10.8. The molecule has 148 valence electrons. The summed E-state index contributed by atoms with van der Waals surface area (Å²) in [5.41, 5.74) is 2.72. The molecule has 0 unspecified atom stereocenters. The molecule has 30 heavy (non-hydrogen) atoms. The second kappa shape index (κ2) is 9.68. The maximum Gasteiger partial charge on any atom is 0.343 e. The van der Waals surface area contributed by atoms with Gasteiger partial charge in [-0.2, -0.15) is 5.26 Å². The van der Waals surface area contributed by atoms with Crippen LogP contribution in [0.3, 0.4) is 0 Å². The lowest BCUT2D eigenvalue weighted by Crippen LogP contribution is -2.13. The standard InChI is InChI=1S/C24H17BrN2O3/c1-16-2-10-21(11-3-16)27-23(28)19(15-26)14-17-4-12-22(13-5-17)30-24(29)18-6-8-20(25)9-7-18/h2-14H,1H3,(H,27,28)/b19-14+. The second-order valence-corrected chi connectivity index (χ2v) is 7.37. The zero-order chi connectivity index (χ0) is 21.5. The number of benzene rings is 3. The summed E-state index contributed by atoms with van der Waals surface area (Å²) in [5.74, 6) is -0.601. The molecule has 0 heterocycles. The molecule has 0 saturated heterocycles. The maximum atomic E-state index is 12.4. The Morgan fingerprint density at radius 3 is 2.20 bits per heavy atom. The van der Waals surface area contributed by atoms with Crippen molar-refractivity contribution in [2.75, 3.05) is 5.32 Å². The van der Waals surface area contributed by atoms with Crippen LogP contribution in [-0.2, 0) is 4.79 Å². The Labute approximate surface area is 182 Å². The van der Waals surface area contributed by atoms with Crippen molar-refractivity contribution in [3.05, 3.63) is 99.5 Å². The van der Waals surface area contributed by atoms with Gasteiger partial charge in [-0.25, -0.2) is 4.79 Å². The Morgan fingerprint density at radius 2 is 1.60 bits per heavy atom. The Morgan fingerprint density at radius 1 is 0.967 bits per heavy atom. The number of carbonyl (C=O) groups excluding carboxylic acids is 2.